The van der Waals surface area contributed by atoms with Crippen LogP contribution < -0.4 is 10.1 Å². The van der Waals surface area contributed by atoms with Crippen molar-refractivity contribution < 1.29 is 13.9 Å². The van der Waals surface area contributed by atoms with E-state index in [2.05, 4.69) is 5.32 Å². The number of nitrogens with one attached hydrogen (secondary N) is 1. The van der Waals surface area contributed by atoms with Gasteiger partial charge in [0.1, 0.15) is 18.2 Å². The van der Waals surface area contributed by atoms with Crippen LogP contribution in [0.25, 0.3) is 6.08 Å². The molecule has 29 heavy (non-hydrogen) atoms. The summed E-state index contributed by atoms with van der Waals surface area (Å²) >= 11 is 11.8. The molecule has 0 saturated heterocycles. The van der Waals surface area contributed by atoms with Crippen LogP contribution >= 0.6 is 23.2 Å². The van der Waals surface area contributed by atoms with Crippen LogP contribution in [-0.4, -0.2) is 5.91 Å². The lowest BCUT2D eigenvalue weighted by molar-refractivity contribution is -0.116. The van der Waals surface area contributed by atoms with E-state index in [1.165, 1.54) is 12.1 Å². The summed E-state index contributed by atoms with van der Waals surface area (Å²) in [4.78, 5) is 12.0. The Bertz CT molecular complexity index is 982. The first-order valence-corrected chi connectivity index (χ1v) is 9.63. The van der Waals surface area contributed by atoms with E-state index in [-0.39, 0.29) is 12.5 Å². The van der Waals surface area contributed by atoms with E-state index in [0.717, 1.165) is 11.1 Å². The van der Waals surface area contributed by atoms with Crippen LogP contribution in [0.4, 0.5) is 4.39 Å². The smallest absolute Gasteiger partial charge is 0.244 e. The second kappa shape index (κ2) is 10.1. The molecule has 6 heteroatoms. The fourth-order valence-electron chi connectivity index (χ4n) is 2.52. The number of ether oxygens (including phenoxy) is 1. The van der Waals surface area contributed by atoms with Crippen molar-refractivity contribution in [2.24, 2.45) is 0 Å². The monoisotopic (exact) mass is 429 g/mol. The highest BCUT2D eigenvalue weighted by Gasteiger charge is 2.07. The second-order valence-corrected chi connectivity index (χ2v) is 7.08. The minimum atomic E-state index is -0.401. The second-order valence-electron chi connectivity index (χ2n) is 6.24. The Hall–Kier alpha value is -2.82. The number of amides is 1. The van der Waals surface area contributed by atoms with Gasteiger partial charge in [0, 0.05) is 23.2 Å². The van der Waals surface area contributed by atoms with Crippen molar-refractivity contribution in [3.8, 4) is 5.75 Å². The number of benzene rings is 3. The van der Waals surface area contributed by atoms with Crippen LogP contribution in [-0.2, 0) is 17.9 Å². The molecule has 0 aliphatic carbocycles. The van der Waals surface area contributed by atoms with Crippen LogP contribution in [0.3, 0.4) is 0 Å². The molecule has 0 bridgehead atoms. The molecule has 0 radical (unpaired) electrons. The Labute approximate surface area is 178 Å². The molecule has 1 N–H and O–H groups in total. The highest BCUT2D eigenvalue weighted by atomic mass is 35.5. The van der Waals surface area contributed by atoms with Crippen LogP contribution in [0.15, 0.2) is 72.8 Å². The van der Waals surface area contributed by atoms with E-state index in [0.29, 0.717) is 27.9 Å². The van der Waals surface area contributed by atoms with Crippen LogP contribution in [0.2, 0.25) is 10.0 Å². The fourth-order valence-corrected chi connectivity index (χ4v) is 2.87. The molecular formula is C23H18Cl2FNO2. The number of halogens is 3. The maximum Gasteiger partial charge on any atom is 0.244 e. The molecule has 1 amide bonds. The minimum Gasteiger partial charge on any atom is -0.489 e. The van der Waals surface area contributed by atoms with Gasteiger partial charge in [-0.3, -0.25) is 4.79 Å². The van der Waals surface area contributed by atoms with Gasteiger partial charge in [0.05, 0.1) is 5.02 Å². The highest BCUT2D eigenvalue weighted by molar-refractivity contribution is 6.31. The maximum atomic E-state index is 13.8. The molecule has 3 nitrogen and oxygen atoms in total. The molecule has 0 heterocycles. The first-order chi connectivity index (χ1) is 14.0. The molecule has 3 aromatic carbocycles. The Morgan fingerprint density at radius 1 is 1.00 bits per heavy atom. The van der Waals surface area contributed by atoms with Gasteiger partial charge in [-0.2, -0.15) is 0 Å². The average Bonchev–Trinajstić information content (AvgIpc) is 2.72. The van der Waals surface area contributed by atoms with E-state index in [1.807, 2.05) is 12.1 Å². The van der Waals surface area contributed by atoms with Crippen molar-refractivity contribution in [3.63, 3.8) is 0 Å². The average molecular weight is 430 g/mol. The van der Waals surface area contributed by atoms with Gasteiger partial charge in [0.2, 0.25) is 5.91 Å². The van der Waals surface area contributed by atoms with Crippen molar-refractivity contribution >= 4 is 35.2 Å². The Balaban J connectivity index is 1.50. The van der Waals surface area contributed by atoms with Gasteiger partial charge < -0.3 is 10.1 Å². The third kappa shape index (κ3) is 6.34. The summed E-state index contributed by atoms with van der Waals surface area (Å²) in [5.74, 6) is -0.0233. The van der Waals surface area contributed by atoms with Gasteiger partial charge >= 0.3 is 0 Å². The summed E-state index contributed by atoms with van der Waals surface area (Å²) in [5, 5.41) is 3.79. The van der Waals surface area contributed by atoms with E-state index < -0.39 is 5.82 Å². The normalized spacial score (nSPS) is 10.9. The Kier molecular flexibility index (Phi) is 7.28. The molecule has 0 fully saturated rings. The molecule has 0 unspecified atom stereocenters. The van der Waals surface area contributed by atoms with Crippen LogP contribution in [0.1, 0.15) is 16.7 Å². The van der Waals surface area contributed by atoms with Crippen molar-refractivity contribution in [1.82, 2.24) is 5.32 Å². The zero-order chi connectivity index (χ0) is 20.6. The number of hydrogen-bond acceptors (Lipinski definition) is 2. The van der Waals surface area contributed by atoms with Crippen molar-refractivity contribution in [3.05, 3.63) is 105 Å². The molecule has 0 aliphatic heterocycles. The lowest BCUT2D eigenvalue weighted by Gasteiger charge is -2.09. The summed E-state index contributed by atoms with van der Waals surface area (Å²) in [6, 6.07) is 18.9. The van der Waals surface area contributed by atoms with Crippen LogP contribution in [0, 0.1) is 5.82 Å². The zero-order valence-corrected chi connectivity index (χ0v) is 16.9. The molecular weight excluding hydrogens is 412 g/mol. The maximum absolute atomic E-state index is 13.8. The third-order valence-corrected chi connectivity index (χ3v) is 4.74. The molecule has 0 saturated carbocycles. The lowest BCUT2D eigenvalue weighted by atomic mass is 10.2. The molecule has 0 spiro atoms. The van der Waals surface area contributed by atoms with E-state index in [1.54, 1.807) is 54.6 Å². The molecule has 148 valence electrons. The summed E-state index contributed by atoms with van der Waals surface area (Å²) < 4.78 is 19.4. The van der Waals surface area contributed by atoms with Gasteiger partial charge in [0.15, 0.2) is 0 Å². The minimum absolute atomic E-state index is 0.0355. The number of carbonyl (C=O) groups excluding carboxylic acids is 1. The van der Waals surface area contributed by atoms with Crippen LogP contribution in [0.5, 0.6) is 5.75 Å². The topological polar surface area (TPSA) is 38.3 Å². The molecule has 0 aromatic heterocycles. The number of rotatable bonds is 7. The zero-order valence-electron chi connectivity index (χ0n) is 15.4. The predicted molar refractivity (Wildman–Crippen MR) is 115 cm³/mol. The largest absolute Gasteiger partial charge is 0.489 e. The summed E-state index contributed by atoms with van der Waals surface area (Å²) in [6.45, 7) is 0.458. The standard InChI is InChI=1S/C23H18Cl2FNO2/c24-18-9-4-17(5-10-18)14-27-23(28)13-8-16-6-11-19(12-7-16)29-15-20-21(25)2-1-3-22(20)26/h1-13H,14-15H2,(H,27,28). The first kappa shape index (κ1) is 20.9. The highest BCUT2D eigenvalue weighted by Crippen LogP contribution is 2.22. The number of carbonyl (C=O) groups is 1. The van der Waals surface area contributed by atoms with Gasteiger partial charge in [-0.15, -0.1) is 0 Å². The van der Waals surface area contributed by atoms with E-state index >= 15 is 0 Å². The summed E-state index contributed by atoms with van der Waals surface area (Å²) in [5.41, 5.74) is 2.12. The Morgan fingerprint density at radius 3 is 2.41 bits per heavy atom. The predicted octanol–water partition coefficient (Wildman–Crippen LogP) is 6.04. The quantitative estimate of drug-likeness (QED) is 0.464. The van der Waals surface area contributed by atoms with Gasteiger partial charge in [0.25, 0.3) is 0 Å². The molecule has 0 atom stereocenters. The molecule has 3 aromatic rings. The van der Waals surface area contributed by atoms with Crippen molar-refractivity contribution in [2.75, 3.05) is 0 Å². The van der Waals surface area contributed by atoms with Crippen molar-refractivity contribution in [1.29, 1.82) is 0 Å². The van der Waals surface area contributed by atoms with E-state index in [4.69, 9.17) is 27.9 Å². The molecule has 0 aliphatic rings. The van der Waals surface area contributed by atoms with Gasteiger partial charge in [-0.1, -0.05) is 53.5 Å². The van der Waals surface area contributed by atoms with E-state index in [9.17, 15) is 9.18 Å². The SMILES string of the molecule is O=C(C=Cc1ccc(OCc2c(F)cccc2Cl)cc1)NCc1ccc(Cl)cc1. The number of hydrogen-bond donors (Lipinski definition) is 1. The third-order valence-electron chi connectivity index (χ3n) is 4.13. The molecule has 3 rings (SSSR count). The van der Waals surface area contributed by atoms with Gasteiger partial charge in [-0.05, 0) is 53.6 Å². The Morgan fingerprint density at radius 2 is 1.72 bits per heavy atom. The summed E-state index contributed by atoms with van der Waals surface area (Å²) in [6.07, 6.45) is 3.17. The first-order valence-electron chi connectivity index (χ1n) is 8.87. The lowest BCUT2D eigenvalue weighted by Crippen LogP contribution is -2.20. The van der Waals surface area contributed by atoms with Crippen molar-refractivity contribution in [2.45, 2.75) is 13.2 Å². The summed E-state index contributed by atoms with van der Waals surface area (Å²) in [7, 11) is 0. The fraction of sp³-hybridized carbons (Fsp3) is 0.0870. The van der Waals surface area contributed by atoms with Gasteiger partial charge in [-0.25, -0.2) is 4.39 Å².